The quantitative estimate of drug-likeness (QED) is 0.0408. The molecule has 0 radical (unpaired) electrons. The third-order valence-corrected chi connectivity index (χ3v) is 25.8. The molecule has 592 valence electrons. The van der Waals surface area contributed by atoms with Gasteiger partial charge in [0, 0.05) is 92.8 Å². The van der Waals surface area contributed by atoms with Gasteiger partial charge in [0.05, 0.1) is 97.7 Å². The van der Waals surface area contributed by atoms with Crippen LogP contribution < -0.4 is 85.1 Å². The number of rotatable bonds is 16. The zero-order valence-corrected chi connectivity index (χ0v) is 64.0. The molecule has 5 aliphatic heterocycles. The van der Waals surface area contributed by atoms with Gasteiger partial charge in [-0.15, -0.1) is 0 Å². The predicted octanol–water partition coefficient (Wildman–Crippen LogP) is 13.4. The summed E-state index contributed by atoms with van der Waals surface area (Å²) in [4.78, 5) is 0. The van der Waals surface area contributed by atoms with E-state index in [-0.39, 0.29) is 0 Å². The Morgan fingerprint density at radius 3 is 0.455 bits per heavy atom. The van der Waals surface area contributed by atoms with Crippen molar-refractivity contribution in [2.75, 3.05) is 42.5 Å². The number of alkyl halides is 8. The van der Waals surface area contributed by atoms with Crippen molar-refractivity contribution in [3.8, 4) is 0 Å². The van der Waals surface area contributed by atoms with Gasteiger partial charge in [0.2, 0.25) is 0 Å². The number of fused-ring (bicyclic) bond motifs is 20. The van der Waals surface area contributed by atoms with Crippen molar-refractivity contribution in [3.63, 3.8) is 0 Å². The van der Waals surface area contributed by atoms with Gasteiger partial charge in [0.1, 0.15) is 24.7 Å². The first-order chi connectivity index (χ1) is 54.0. The highest BCUT2D eigenvalue weighted by Crippen LogP contribution is 2.52. The van der Waals surface area contributed by atoms with E-state index in [9.17, 15) is 0 Å². The van der Waals surface area contributed by atoms with Crippen molar-refractivity contribution >= 4 is 45.5 Å². The first-order valence-electron chi connectivity index (χ1n) is 39.9. The van der Waals surface area contributed by atoms with Gasteiger partial charge >= 0.3 is 0 Å². The van der Waals surface area contributed by atoms with Gasteiger partial charge < -0.3 is 42.5 Å². The van der Waals surface area contributed by atoms with Gasteiger partial charge in [-0.05, 0) is 197 Å². The van der Waals surface area contributed by atoms with E-state index >= 15 is 35.1 Å². The Bertz CT molecular complexity index is 4360. The molecule has 16 nitrogen and oxygen atoms in total. The lowest BCUT2D eigenvalue weighted by Crippen LogP contribution is -2.72. The van der Waals surface area contributed by atoms with Crippen LogP contribution in [0.4, 0.5) is 80.6 Å². The van der Waals surface area contributed by atoms with E-state index in [1.54, 1.807) is 0 Å². The largest absolute Gasteiger partial charge is 0.380 e. The lowest BCUT2D eigenvalue weighted by molar-refractivity contribution is -0.0871. The van der Waals surface area contributed by atoms with Crippen molar-refractivity contribution in [1.29, 1.82) is 0 Å². The van der Waals surface area contributed by atoms with Gasteiger partial charge in [0.25, 0.3) is 0 Å². The van der Waals surface area contributed by atoms with Crippen molar-refractivity contribution in [2.24, 2.45) is 47.3 Å². The van der Waals surface area contributed by atoms with Crippen LogP contribution in [0.2, 0.25) is 0 Å². The third-order valence-electron chi connectivity index (χ3n) is 25.8. The normalized spacial score (nSPS) is 38.4. The minimum absolute atomic E-state index is 0.549. The Hall–Kier alpha value is -8.72. The molecule has 0 amide bonds. The van der Waals surface area contributed by atoms with Crippen LogP contribution in [-0.2, 0) is 0 Å². The average molecular weight is 1540 g/mol. The molecule has 4 aliphatic carbocycles. The maximum Gasteiger partial charge on any atom is 0.165 e. The van der Waals surface area contributed by atoms with Crippen LogP contribution in [0.25, 0.3) is 0 Å². The fourth-order valence-electron chi connectivity index (χ4n) is 21.1. The molecule has 112 heavy (non-hydrogen) atoms. The van der Waals surface area contributed by atoms with Crippen LogP contribution in [0.3, 0.4) is 0 Å². The van der Waals surface area contributed by atoms with Crippen LogP contribution in [0.5, 0.6) is 0 Å². The van der Waals surface area contributed by atoms with Crippen LogP contribution in [0.15, 0.2) is 194 Å². The first-order valence-corrected chi connectivity index (χ1v) is 39.9. The molecule has 16 N–H and O–H groups in total. The average Bonchev–Trinajstić information content (AvgIpc) is 1.54. The number of nitrogens with one attached hydrogen (secondary N) is 16. The van der Waals surface area contributed by atoms with E-state index in [1.165, 1.54) is 0 Å². The van der Waals surface area contributed by atoms with Crippen LogP contribution in [0, 0.1) is 103 Å². The summed E-state index contributed by atoms with van der Waals surface area (Å²) in [5, 5.41) is 63.6. The van der Waals surface area contributed by atoms with Gasteiger partial charge in [-0.25, -0.2) is 35.1 Å². The molecule has 8 aromatic rings. The lowest BCUT2D eigenvalue weighted by atomic mass is 9.65. The Labute approximate surface area is 650 Å². The Morgan fingerprint density at radius 2 is 0.312 bits per heavy atom. The molecular weight excluding hydrogens is 1430 g/mol. The monoisotopic (exact) mass is 1540 g/mol. The number of benzene rings is 8. The molecule has 24 heteroatoms. The number of hydrogen-bond acceptors (Lipinski definition) is 16. The van der Waals surface area contributed by atoms with Crippen molar-refractivity contribution in [3.05, 3.63) is 239 Å². The molecule has 0 spiro atoms. The van der Waals surface area contributed by atoms with Gasteiger partial charge in [-0.2, -0.15) is 0 Å². The number of aryl methyl sites for hydroxylation is 8. The Balaban J connectivity index is 0.917. The second-order valence-electron chi connectivity index (χ2n) is 33.6. The highest BCUT2D eigenvalue weighted by molar-refractivity contribution is 5.60. The molecule has 5 heterocycles. The summed E-state index contributed by atoms with van der Waals surface area (Å²) in [5.41, 5.74) is 14.7. The van der Waals surface area contributed by atoms with Crippen LogP contribution in [0.1, 0.15) is 44.5 Å². The van der Waals surface area contributed by atoms with E-state index in [2.05, 4.69) is 222 Å². The molecule has 32 atom stereocenters. The van der Waals surface area contributed by atoms with Gasteiger partial charge in [-0.1, -0.05) is 97.1 Å². The molecule has 0 aromatic heterocycles. The molecule has 9 aliphatic rings. The molecule has 32 unspecified atom stereocenters. The van der Waals surface area contributed by atoms with E-state index < -0.39 is 194 Å². The summed E-state index contributed by atoms with van der Waals surface area (Å²) in [7, 11) is 0. The molecular formula is C88H104F8N16. The zero-order chi connectivity index (χ0) is 77.7. The van der Waals surface area contributed by atoms with E-state index in [4.69, 9.17) is 0 Å². The highest BCUT2D eigenvalue weighted by atomic mass is 19.2. The van der Waals surface area contributed by atoms with E-state index in [0.29, 0.717) is 0 Å². The minimum Gasteiger partial charge on any atom is -0.380 e. The second-order valence-corrected chi connectivity index (χ2v) is 33.6. The number of anilines is 8. The second kappa shape index (κ2) is 31.2. The van der Waals surface area contributed by atoms with Gasteiger partial charge in [-0.3, -0.25) is 42.5 Å². The smallest absolute Gasteiger partial charge is 0.165 e. The van der Waals surface area contributed by atoms with Crippen molar-refractivity contribution in [1.82, 2.24) is 42.5 Å². The lowest BCUT2D eigenvalue weighted by Gasteiger charge is -2.54. The van der Waals surface area contributed by atoms with Crippen molar-refractivity contribution in [2.45, 2.75) is 202 Å². The molecule has 5 saturated heterocycles. The van der Waals surface area contributed by atoms with E-state index in [0.717, 1.165) is 90.0 Å². The fourth-order valence-corrected chi connectivity index (χ4v) is 21.1. The molecule has 9 fully saturated rings. The molecule has 8 bridgehead atoms. The summed E-state index contributed by atoms with van der Waals surface area (Å²) >= 11 is 0. The highest BCUT2D eigenvalue weighted by Gasteiger charge is 2.69. The predicted molar refractivity (Wildman–Crippen MR) is 431 cm³/mol. The summed E-state index contributed by atoms with van der Waals surface area (Å²) < 4.78 is 138. The summed E-state index contributed by atoms with van der Waals surface area (Å²) in [6, 6.07) is 61.2. The first kappa shape index (κ1) is 75.9. The number of halogens is 8. The molecule has 8 aromatic carbocycles. The maximum atomic E-state index is 17.9. The Morgan fingerprint density at radius 1 is 0.179 bits per heavy atom. The summed E-state index contributed by atoms with van der Waals surface area (Å²) in [5.74, 6) is -9.05. The SMILES string of the molecule is Cc1cccc(NC2C(Nc3cccc(C)c3)C(Nc3cccc(C)c3)C3C4NC(NC5NC(NC6NC(NC7NC(N4)C4C(Nc8cccc(C)c8)C(Nc8cccc(C)c8)C(Nc8cccc(C)c8)C(Nc8cccc(C)c8)C74)C4C(F)C(F)C(F)C(F)C64)C4C(F)C(F)C(F)C(F)C54)C3C2Nc2cccc(C)c2)c1. The van der Waals surface area contributed by atoms with Crippen LogP contribution >= 0.6 is 0 Å². The molecule has 4 saturated carbocycles. The summed E-state index contributed by atoms with van der Waals surface area (Å²) in [6.07, 6.45) is -31.2. The zero-order valence-electron chi connectivity index (χ0n) is 64.0. The van der Waals surface area contributed by atoms with Gasteiger partial charge in [0.15, 0.2) is 24.7 Å². The van der Waals surface area contributed by atoms with Crippen LogP contribution in [-0.4, -0.2) is 147 Å². The standard InChI is InChI=1S/C88H104F8N16/c1-41-17-9-25-49(33-41)97-73-61-63(75(99-51-27-11-19-43(3)35-51)79(103-55-31-15-23-47(7)39-55)77(73)101-53-29-13-21-45(5)37-53)87-110-85(61)108-83-59-57(65(89)69(93)71(95)67(59)91)81(106-83)105-82-58-60(68(92)72(96)70(94)66(58)90)84(107-82)109-86-62-64(88(111-86)112-87)76(100-52-28-12-20-44(4)36-52)80(104-56-32-16-24-48(8)40-56)78(102-54-30-14-22-46(6)38-54)74(62)98-50-26-10-18-42(2)34-50/h9-40,57-88,97-112H,1-8H3. The van der Waals surface area contributed by atoms with E-state index in [1.807, 2.05) is 113 Å². The topological polar surface area (TPSA) is 192 Å². The molecule has 17 rings (SSSR count). The number of hydrogen-bond donors (Lipinski definition) is 16. The maximum absolute atomic E-state index is 17.9. The minimum atomic E-state index is -2.91. The van der Waals surface area contributed by atoms with Crippen molar-refractivity contribution < 1.29 is 35.1 Å². The fraction of sp³-hybridized carbons (Fsp3) is 0.455. The summed E-state index contributed by atoms with van der Waals surface area (Å²) in [6.45, 7) is 16.4. The third kappa shape index (κ3) is 14.7. The Kier molecular flexibility index (Phi) is 21.2.